The number of hydrogen-bond donors (Lipinski definition) is 1. The Morgan fingerprint density at radius 3 is 2.71 bits per heavy atom. The maximum absolute atomic E-state index is 11.6. The van der Waals surface area contributed by atoms with Crippen LogP contribution in [0.1, 0.15) is 12.5 Å². The first kappa shape index (κ1) is 13.0. The number of hydrogen-bond acceptors (Lipinski definition) is 5. The van der Waals surface area contributed by atoms with E-state index in [4.69, 9.17) is 10.00 Å². The van der Waals surface area contributed by atoms with Crippen molar-refractivity contribution in [2.45, 2.75) is 12.5 Å². The van der Waals surface area contributed by atoms with Crippen molar-refractivity contribution >= 4 is 5.97 Å². The summed E-state index contributed by atoms with van der Waals surface area (Å²) in [7, 11) is 1.39. The van der Waals surface area contributed by atoms with Crippen molar-refractivity contribution in [3.8, 4) is 11.8 Å². The van der Waals surface area contributed by atoms with E-state index in [0.29, 0.717) is 0 Å². The Balaban J connectivity index is 3.26. The number of rotatable bonds is 4. The first-order valence-electron chi connectivity index (χ1n) is 5.04. The van der Waals surface area contributed by atoms with Gasteiger partial charge in [-0.05, 0) is 13.0 Å². The highest BCUT2D eigenvalue weighted by Gasteiger charge is 2.42. The van der Waals surface area contributed by atoms with Crippen LogP contribution in [0.25, 0.3) is 0 Å². The lowest BCUT2D eigenvalue weighted by Crippen LogP contribution is -2.36. The van der Waals surface area contributed by atoms with Crippen LogP contribution in [0.2, 0.25) is 0 Å². The van der Waals surface area contributed by atoms with E-state index in [9.17, 15) is 9.90 Å². The molecule has 0 aliphatic rings. The molecule has 0 amide bonds. The molecule has 0 bridgehead atoms. The topological polar surface area (TPSA) is 79.5 Å². The van der Waals surface area contributed by atoms with Crippen LogP contribution in [0.15, 0.2) is 24.3 Å². The largest absolute Gasteiger partial charge is 0.496 e. The zero-order valence-corrected chi connectivity index (χ0v) is 9.64. The average molecular weight is 235 g/mol. The smallest absolute Gasteiger partial charge is 0.358 e. The molecule has 0 fully saturated rings. The molecule has 0 heterocycles. The Kier molecular flexibility index (Phi) is 4.07. The number of nitrogens with zero attached hydrogens (tertiary/aromatic N) is 1. The standard InChI is InChI=1S/C12H13NO4/c1-3-17-11(14)12(15,8-13)9-6-4-5-7-10(9)16-2/h4-7,15H,3H2,1-2H3/t12-/m1/s1. The fourth-order valence-electron chi connectivity index (χ4n) is 1.39. The number of nitriles is 1. The molecule has 0 saturated carbocycles. The van der Waals surface area contributed by atoms with E-state index in [1.54, 1.807) is 31.2 Å². The first-order valence-corrected chi connectivity index (χ1v) is 5.04. The summed E-state index contributed by atoms with van der Waals surface area (Å²) in [5.74, 6) is -0.753. The van der Waals surface area contributed by atoms with E-state index in [1.165, 1.54) is 13.2 Å². The van der Waals surface area contributed by atoms with E-state index in [-0.39, 0.29) is 17.9 Å². The lowest BCUT2D eigenvalue weighted by atomic mass is 9.94. The number of aliphatic hydroxyl groups is 1. The summed E-state index contributed by atoms with van der Waals surface area (Å²) in [5, 5.41) is 19.1. The fourth-order valence-corrected chi connectivity index (χ4v) is 1.39. The van der Waals surface area contributed by atoms with Gasteiger partial charge in [-0.25, -0.2) is 4.79 Å². The molecule has 0 aliphatic heterocycles. The van der Waals surface area contributed by atoms with Crippen molar-refractivity contribution < 1.29 is 19.4 Å². The fraction of sp³-hybridized carbons (Fsp3) is 0.333. The number of esters is 1. The zero-order chi connectivity index (χ0) is 12.9. The highest BCUT2D eigenvalue weighted by molar-refractivity contribution is 5.85. The molecule has 5 heteroatoms. The second-order valence-corrected chi connectivity index (χ2v) is 3.24. The van der Waals surface area contributed by atoms with E-state index >= 15 is 0 Å². The van der Waals surface area contributed by atoms with Gasteiger partial charge in [0.05, 0.1) is 19.3 Å². The van der Waals surface area contributed by atoms with Crippen LogP contribution in [-0.4, -0.2) is 24.8 Å². The second kappa shape index (κ2) is 5.32. The molecule has 0 radical (unpaired) electrons. The van der Waals surface area contributed by atoms with Crippen LogP contribution in [0, 0.1) is 11.3 Å². The Bertz CT molecular complexity index is 452. The number of carbonyl (C=O) groups is 1. The van der Waals surface area contributed by atoms with Gasteiger partial charge < -0.3 is 14.6 Å². The third kappa shape index (κ3) is 2.37. The molecule has 17 heavy (non-hydrogen) atoms. The molecule has 5 nitrogen and oxygen atoms in total. The second-order valence-electron chi connectivity index (χ2n) is 3.24. The molecule has 1 N–H and O–H groups in total. The van der Waals surface area contributed by atoms with Gasteiger partial charge in [0.15, 0.2) is 0 Å². The molecule has 1 rings (SSSR count). The van der Waals surface area contributed by atoms with Crippen LogP contribution in [0.3, 0.4) is 0 Å². The third-order valence-electron chi connectivity index (χ3n) is 2.23. The number of carbonyl (C=O) groups excluding carboxylic acids is 1. The van der Waals surface area contributed by atoms with E-state index < -0.39 is 11.6 Å². The SMILES string of the molecule is CCOC(=O)[C@@](O)(C#N)c1ccccc1OC. The maximum Gasteiger partial charge on any atom is 0.358 e. The number of ether oxygens (including phenoxy) is 2. The molecule has 1 atom stereocenters. The summed E-state index contributed by atoms with van der Waals surface area (Å²) >= 11 is 0. The molecule has 0 saturated heterocycles. The predicted octanol–water partition coefficient (Wildman–Crippen LogP) is 0.969. The quantitative estimate of drug-likeness (QED) is 0.621. The summed E-state index contributed by atoms with van der Waals surface area (Å²) in [6.45, 7) is 1.68. The Morgan fingerprint density at radius 1 is 1.53 bits per heavy atom. The normalized spacial score (nSPS) is 13.3. The van der Waals surface area contributed by atoms with Crippen molar-refractivity contribution in [3.63, 3.8) is 0 Å². The van der Waals surface area contributed by atoms with Gasteiger partial charge >= 0.3 is 5.97 Å². The van der Waals surface area contributed by atoms with Crippen molar-refractivity contribution in [3.05, 3.63) is 29.8 Å². The number of methoxy groups -OCH3 is 1. The lowest BCUT2D eigenvalue weighted by molar-refractivity contribution is -0.160. The van der Waals surface area contributed by atoms with Gasteiger partial charge in [-0.3, -0.25) is 0 Å². The molecule has 0 aliphatic carbocycles. The average Bonchev–Trinajstić information content (AvgIpc) is 2.38. The Morgan fingerprint density at radius 2 is 2.18 bits per heavy atom. The highest BCUT2D eigenvalue weighted by Crippen LogP contribution is 2.30. The molecule has 90 valence electrons. The molecule has 1 aromatic carbocycles. The highest BCUT2D eigenvalue weighted by atomic mass is 16.5. The summed E-state index contributed by atoms with van der Waals surface area (Å²) in [6, 6.07) is 7.82. The Labute approximate surface area is 99.2 Å². The molecule has 0 aromatic heterocycles. The van der Waals surface area contributed by atoms with Crippen LogP contribution < -0.4 is 4.74 Å². The summed E-state index contributed by atoms with van der Waals surface area (Å²) in [4.78, 5) is 11.6. The minimum absolute atomic E-state index is 0.0726. The van der Waals surface area contributed by atoms with Crippen molar-refractivity contribution in [1.82, 2.24) is 0 Å². The van der Waals surface area contributed by atoms with Gasteiger partial charge in [0.1, 0.15) is 11.8 Å². The van der Waals surface area contributed by atoms with E-state index in [2.05, 4.69) is 4.74 Å². The lowest BCUT2D eigenvalue weighted by Gasteiger charge is -2.20. The molecule has 0 spiro atoms. The summed E-state index contributed by atoms with van der Waals surface area (Å²) in [5.41, 5.74) is -2.27. The number of benzene rings is 1. The van der Waals surface area contributed by atoms with E-state index in [0.717, 1.165) is 0 Å². The molecule has 0 unspecified atom stereocenters. The Hall–Kier alpha value is -2.06. The van der Waals surface area contributed by atoms with Gasteiger partial charge in [-0.15, -0.1) is 0 Å². The third-order valence-corrected chi connectivity index (χ3v) is 2.23. The molecule has 1 aromatic rings. The maximum atomic E-state index is 11.6. The van der Waals surface area contributed by atoms with Crippen molar-refractivity contribution in [2.75, 3.05) is 13.7 Å². The zero-order valence-electron chi connectivity index (χ0n) is 9.64. The van der Waals surface area contributed by atoms with Crippen LogP contribution >= 0.6 is 0 Å². The van der Waals surface area contributed by atoms with Gasteiger partial charge in [0, 0.05) is 0 Å². The minimum atomic E-state index is -2.34. The predicted molar refractivity (Wildman–Crippen MR) is 59.1 cm³/mol. The summed E-state index contributed by atoms with van der Waals surface area (Å²) in [6.07, 6.45) is 0. The molecular formula is C12H13NO4. The number of para-hydroxylation sites is 1. The van der Waals surface area contributed by atoms with Crippen molar-refractivity contribution in [2.24, 2.45) is 0 Å². The van der Waals surface area contributed by atoms with E-state index in [1.807, 2.05) is 0 Å². The first-order chi connectivity index (χ1) is 8.10. The van der Waals surface area contributed by atoms with Crippen LogP contribution in [0.4, 0.5) is 0 Å². The molecular weight excluding hydrogens is 222 g/mol. The van der Waals surface area contributed by atoms with Crippen LogP contribution in [-0.2, 0) is 15.1 Å². The summed E-state index contributed by atoms with van der Waals surface area (Å²) < 4.78 is 9.69. The minimum Gasteiger partial charge on any atom is -0.496 e. The van der Waals surface area contributed by atoms with Gasteiger partial charge in [-0.2, -0.15) is 5.26 Å². The van der Waals surface area contributed by atoms with Crippen LogP contribution in [0.5, 0.6) is 5.75 Å². The van der Waals surface area contributed by atoms with Gasteiger partial charge in [0.25, 0.3) is 5.60 Å². The van der Waals surface area contributed by atoms with Gasteiger partial charge in [0.2, 0.25) is 0 Å². The van der Waals surface area contributed by atoms with Crippen molar-refractivity contribution in [1.29, 1.82) is 5.26 Å². The van der Waals surface area contributed by atoms with Gasteiger partial charge in [-0.1, -0.05) is 18.2 Å². The monoisotopic (exact) mass is 235 g/mol.